The lowest BCUT2D eigenvalue weighted by molar-refractivity contribution is -0.135. The lowest BCUT2D eigenvalue weighted by Crippen LogP contribution is -2.56. The van der Waals surface area contributed by atoms with Crippen molar-refractivity contribution in [2.45, 2.75) is 82.5 Å². The van der Waals surface area contributed by atoms with Crippen molar-refractivity contribution in [2.24, 2.45) is 47.3 Å². The molecular weight excluding hydrogens is 324 g/mol. The first-order valence-electron chi connectivity index (χ1n) is 12.5. The Morgan fingerprint density at radius 3 is 2.19 bits per heavy atom. The Morgan fingerprint density at radius 1 is 0.556 bits per heavy atom. The molecule has 0 radical (unpaired) electrons. The average Bonchev–Trinajstić information content (AvgIpc) is 3.07. The first-order chi connectivity index (χ1) is 13.4. The van der Waals surface area contributed by atoms with E-state index in [0.717, 1.165) is 59.2 Å². The van der Waals surface area contributed by atoms with Gasteiger partial charge in [0.2, 0.25) is 0 Å². The second-order valence-electron chi connectivity index (χ2n) is 11.4. The summed E-state index contributed by atoms with van der Waals surface area (Å²) < 4.78 is 0. The van der Waals surface area contributed by atoms with Gasteiger partial charge in [0.1, 0.15) is 0 Å². The Hall–Kier alpha value is -0.780. The van der Waals surface area contributed by atoms with E-state index in [9.17, 15) is 0 Å². The van der Waals surface area contributed by atoms with Crippen molar-refractivity contribution in [2.75, 3.05) is 0 Å². The van der Waals surface area contributed by atoms with Gasteiger partial charge in [-0.1, -0.05) is 56.4 Å². The second-order valence-corrected chi connectivity index (χ2v) is 11.4. The molecule has 1 aromatic rings. The van der Waals surface area contributed by atoms with Crippen LogP contribution in [-0.2, 0) is 0 Å². The van der Waals surface area contributed by atoms with Gasteiger partial charge in [-0.15, -0.1) is 0 Å². The third kappa shape index (κ3) is 2.06. The van der Waals surface area contributed by atoms with E-state index >= 15 is 0 Å². The quantitative estimate of drug-likeness (QED) is 0.460. The van der Waals surface area contributed by atoms with Crippen molar-refractivity contribution in [3.05, 3.63) is 35.4 Å². The van der Waals surface area contributed by atoms with Crippen LogP contribution in [0.2, 0.25) is 0 Å². The van der Waals surface area contributed by atoms with Gasteiger partial charge < -0.3 is 0 Å². The van der Waals surface area contributed by atoms with Crippen LogP contribution in [0.1, 0.15) is 93.6 Å². The SMILES string of the molecule is c1ccc2c(c1)C1CCC3CC4CCCCC4C4C5CCCCC5C2C1C34. The molecule has 0 aliphatic heterocycles. The minimum Gasteiger partial charge on any atom is -0.0620 e. The standard InChI is InChI=1S/C27H36/c1-2-8-18-16(7-1)15-17-13-14-23-19-9-3-4-10-20(19)26-22-12-6-5-11-21(22)25(18)24(17)27(23)26/h3-4,9-10,16-18,21-27H,1-2,5-8,11-15H2. The maximum Gasteiger partial charge on any atom is -0.00910 e. The largest absolute Gasteiger partial charge is 0.0620 e. The summed E-state index contributed by atoms with van der Waals surface area (Å²) in [6.07, 6.45) is 17.2. The average molecular weight is 361 g/mol. The molecule has 0 spiro atoms. The summed E-state index contributed by atoms with van der Waals surface area (Å²) in [5.74, 6) is 10.6. The van der Waals surface area contributed by atoms with Gasteiger partial charge in [0.05, 0.1) is 0 Å². The van der Waals surface area contributed by atoms with E-state index in [1.165, 1.54) is 19.3 Å². The second kappa shape index (κ2) is 5.87. The van der Waals surface area contributed by atoms with Crippen molar-refractivity contribution < 1.29 is 0 Å². The molecule has 5 saturated carbocycles. The summed E-state index contributed by atoms with van der Waals surface area (Å²) in [6, 6.07) is 9.80. The number of hydrogen-bond acceptors (Lipinski definition) is 0. The van der Waals surface area contributed by atoms with Gasteiger partial charge in [-0.2, -0.15) is 0 Å². The summed E-state index contributed by atoms with van der Waals surface area (Å²) in [6.45, 7) is 0. The highest BCUT2D eigenvalue weighted by atomic mass is 14.7. The minimum atomic E-state index is 0.929. The number of benzene rings is 1. The fourth-order valence-electron chi connectivity index (χ4n) is 10.4. The van der Waals surface area contributed by atoms with Crippen LogP contribution in [0.15, 0.2) is 24.3 Å². The first-order valence-corrected chi connectivity index (χ1v) is 12.5. The van der Waals surface area contributed by atoms with Gasteiger partial charge in [-0.3, -0.25) is 0 Å². The van der Waals surface area contributed by atoms with Gasteiger partial charge >= 0.3 is 0 Å². The van der Waals surface area contributed by atoms with Crippen molar-refractivity contribution in [3.63, 3.8) is 0 Å². The first kappa shape index (κ1) is 16.1. The normalized spacial score (nSPS) is 52.3. The summed E-state index contributed by atoms with van der Waals surface area (Å²) in [4.78, 5) is 0. The van der Waals surface area contributed by atoms with Crippen LogP contribution >= 0.6 is 0 Å². The zero-order chi connectivity index (χ0) is 17.5. The van der Waals surface area contributed by atoms with Gasteiger partial charge in [0.15, 0.2) is 0 Å². The minimum absolute atomic E-state index is 0.929. The molecule has 6 aliphatic rings. The predicted octanol–water partition coefficient (Wildman–Crippen LogP) is 7.16. The molecule has 0 aromatic heterocycles. The molecule has 0 nitrogen and oxygen atoms in total. The van der Waals surface area contributed by atoms with E-state index in [4.69, 9.17) is 0 Å². The Kier molecular flexibility index (Phi) is 3.49. The fraction of sp³-hybridized carbons (Fsp3) is 0.778. The lowest BCUT2D eigenvalue weighted by Gasteiger charge is -2.63. The topological polar surface area (TPSA) is 0 Å². The monoisotopic (exact) mass is 360 g/mol. The van der Waals surface area contributed by atoms with E-state index in [2.05, 4.69) is 24.3 Å². The Labute approximate surface area is 165 Å². The van der Waals surface area contributed by atoms with Gasteiger partial charge in [0, 0.05) is 0 Å². The van der Waals surface area contributed by atoms with E-state index in [1.807, 2.05) is 11.1 Å². The van der Waals surface area contributed by atoms with Crippen molar-refractivity contribution in [3.8, 4) is 0 Å². The molecule has 0 amide bonds. The van der Waals surface area contributed by atoms with Crippen molar-refractivity contribution in [1.82, 2.24) is 0 Å². The molecular formula is C27H36. The van der Waals surface area contributed by atoms with Crippen LogP contribution < -0.4 is 0 Å². The van der Waals surface area contributed by atoms with E-state index in [-0.39, 0.29) is 0 Å². The summed E-state index contributed by atoms with van der Waals surface area (Å²) in [5, 5.41) is 0. The van der Waals surface area contributed by atoms with Crippen molar-refractivity contribution in [1.29, 1.82) is 0 Å². The Balaban J connectivity index is 1.39. The zero-order valence-electron chi connectivity index (χ0n) is 16.9. The lowest BCUT2D eigenvalue weighted by atomic mass is 9.41. The third-order valence-corrected chi connectivity index (χ3v) is 10.8. The highest BCUT2D eigenvalue weighted by molar-refractivity contribution is 5.43. The molecule has 5 fully saturated rings. The summed E-state index contributed by atoms with van der Waals surface area (Å²) in [5.41, 5.74) is 3.64. The fourth-order valence-corrected chi connectivity index (χ4v) is 10.4. The summed E-state index contributed by atoms with van der Waals surface area (Å²) >= 11 is 0. The number of rotatable bonds is 0. The number of hydrogen-bond donors (Lipinski definition) is 0. The molecule has 10 unspecified atom stereocenters. The van der Waals surface area contributed by atoms with Crippen molar-refractivity contribution >= 4 is 0 Å². The Morgan fingerprint density at radius 2 is 1.30 bits per heavy atom. The molecule has 0 N–H and O–H groups in total. The van der Waals surface area contributed by atoms with Crippen LogP contribution in [0.25, 0.3) is 0 Å². The molecule has 7 rings (SSSR count). The smallest absolute Gasteiger partial charge is 0.00910 e. The van der Waals surface area contributed by atoms with Crippen LogP contribution in [0, 0.1) is 47.3 Å². The molecule has 144 valence electrons. The molecule has 0 bridgehead atoms. The molecule has 1 aromatic carbocycles. The highest BCUT2D eigenvalue weighted by Crippen LogP contribution is 2.72. The zero-order valence-corrected chi connectivity index (χ0v) is 16.9. The van der Waals surface area contributed by atoms with Crippen LogP contribution in [0.3, 0.4) is 0 Å². The molecule has 6 aliphatic carbocycles. The molecule has 0 heterocycles. The van der Waals surface area contributed by atoms with Gasteiger partial charge in [-0.05, 0) is 109 Å². The van der Waals surface area contributed by atoms with Gasteiger partial charge in [-0.25, -0.2) is 0 Å². The third-order valence-electron chi connectivity index (χ3n) is 10.8. The highest BCUT2D eigenvalue weighted by Gasteiger charge is 2.63. The van der Waals surface area contributed by atoms with E-state index in [0.29, 0.717) is 0 Å². The molecule has 0 saturated heterocycles. The van der Waals surface area contributed by atoms with E-state index in [1.54, 1.807) is 51.4 Å². The molecule has 10 atom stereocenters. The van der Waals surface area contributed by atoms with E-state index < -0.39 is 0 Å². The molecule has 27 heavy (non-hydrogen) atoms. The van der Waals surface area contributed by atoms with Crippen LogP contribution in [0.4, 0.5) is 0 Å². The van der Waals surface area contributed by atoms with Crippen LogP contribution in [-0.4, -0.2) is 0 Å². The summed E-state index contributed by atoms with van der Waals surface area (Å²) in [7, 11) is 0. The van der Waals surface area contributed by atoms with Crippen LogP contribution in [0.5, 0.6) is 0 Å². The van der Waals surface area contributed by atoms with Gasteiger partial charge in [0.25, 0.3) is 0 Å². The number of fused-ring (bicyclic) bond motifs is 8. The predicted molar refractivity (Wildman–Crippen MR) is 111 cm³/mol. The molecule has 0 heteroatoms. The Bertz CT molecular complexity index is 733. The maximum atomic E-state index is 2.56. The maximum absolute atomic E-state index is 2.56.